The number of aromatic nitrogens is 1. The van der Waals surface area contributed by atoms with Gasteiger partial charge < -0.3 is 21.1 Å². The van der Waals surface area contributed by atoms with Crippen molar-refractivity contribution in [3.05, 3.63) is 4.88 Å². The number of carbonyl (C=O) groups excluding carboxylic acids is 1. The Morgan fingerprint density at radius 1 is 1.55 bits per heavy atom. The molecule has 1 aromatic heterocycles. The number of rotatable bonds is 6. The zero-order chi connectivity index (χ0) is 14.5. The van der Waals surface area contributed by atoms with E-state index in [0.29, 0.717) is 22.5 Å². The predicted octanol–water partition coefficient (Wildman–Crippen LogP) is 1.70. The molecular weight excluding hydrogens is 276 g/mol. The number of nitrogens with zero attached hydrogens (tertiary/aromatic N) is 1. The number of hydrogen-bond acceptors (Lipinski definition) is 6. The van der Waals surface area contributed by atoms with E-state index >= 15 is 0 Å². The van der Waals surface area contributed by atoms with E-state index in [1.807, 2.05) is 6.92 Å². The number of amides is 1. The summed E-state index contributed by atoms with van der Waals surface area (Å²) in [5.74, 6) is 0.537. The number of anilines is 2. The maximum Gasteiger partial charge on any atom is 0.265 e. The van der Waals surface area contributed by atoms with Gasteiger partial charge in [0, 0.05) is 25.6 Å². The van der Waals surface area contributed by atoms with E-state index in [9.17, 15) is 4.79 Å². The number of nitrogens with one attached hydrogen (secondary N) is 2. The molecule has 0 aromatic carbocycles. The second-order valence-electron chi connectivity index (χ2n) is 4.84. The fourth-order valence-electron chi connectivity index (χ4n) is 2.40. The summed E-state index contributed by atoms with van der Waals surface area (Å²) in [7, 11) is 0. The second-order valence-corrected chi connectivity index (χ2v) is 5.84. The summed E-state index contributed by atoms with van der Waals surface area (Å²) in [4.78, 5) is 16.8. The summed E-state index contributed by atoms with van der Waals surface area (Å²) in [5.41, 5.74) is 5.78. The lowest BCUT2D eigenvalue weighted by atomic mass is 10.00. The van der Waals surface area contributed by atoms with Gasteiger partial charge in [0.1, 0.15) is 10.7 Å². The largest absolute Gasteiger partial charge is 0.382 e. The van der Waals surface area contributed by atoms with Gasteiger partial charge in [0.25, 0.3) is 5.91 Å². The fourth-order valence-corrected chi connectivity index (χ4v) is 3.27. The lowest BCUT2D eigenvalue weighted by Gasteiger charge is -2.16. The normalized spacial score (nSPS) is 21.9. The van der Waals surface area contributed by atoms with Gasteiger partial charge in [-0.25, -0.2) is 4.98 Å². The number of thiazole rings is 1. The minimum absolute atomic E-state index is 0.147. The molecule has 0 spiro atoms. The van der Waals surface area contributed by atoms with Gasteiger partial charge in [-0.05, 0) is 19.8 Å². The van der Waals surface area contributed by atoms with Crippen LogP contribution in [0, 0.1) is 5.92 Å². The molecule has 112 valence electrons. The van der Waals surface area contributed by atoms with Crippen LogP contribution in [0.25, 0.3) is 0 Å². The van der Waals surface area contributed by atoms with Crippen molar-refractivity contribution in [1.29, 1.82) is 0 Å². The molecule has 2 atom stereocenters. The topological polar surface area (TPSA) is 89.3 Å². The zero-order valence-electron chi connectivity index (χ0n) is 11.9. The Bertz CT molecular complexity index is 463. The number of nitrogen functional groups attached to an aromatic ring is 1. The quantitative estimate of drug-likeness (QED) is 0.744. The molecule has 7 heteroatoms. The average Bonchev–Trinajstić information content (AvgIpc) is 3.02. The monoisotopic (exact) mass is 298 g/mol. The Labute approximate surface area is 123 Å². The van der Waals surface area contributed by atoms with Crippen LogP contribution in [-0.2, 0) is 4.74 Å². The van der Waals surface area contributed by atoms with Gasteiger partial charge in [-0.3, -0.25) is 4.79 Å². The first-order valence-corrected chi connectivity index (χ1v) is 7.87. The summed E-state index contributed by atoms with van der Waals surface area (Å²) >= 11 is 1.29. The highest BCUT2D eigenvalue weighted by Gasteiger charge is 2.27. The number of nitrogens with two attached hydrogens (primary N) is 1. The molecule has 1 aliphatic heterocycles. The van der Waals surface area contributed by atoms with E-state index in [4.69, 9.17) is 10.5 Å². The molecule has 20 heavy (non-hydrogen) atoms. The van der Waals surface area contributed by atoms with E-state index in [1.165, 1.54) is 11.3 Å². The number of ether oxygens (including phenoxy) is 1. The van der Waals surface area contributed by atoms with Crippen molar-refractivity contribution in [3.63, 3.8) is 0 Å². The summed E-state index contributed by atoms with van der Waals surface area (Å²) in [5, 5.41) is 6.70. The van der Waals surface area contributed by atoms with Gasteiger partial charge in [0.05, 0.1) is 6.10 Å². The maximum atomic E-state index is 12.1. The molecule has 0 saturated carbocycles. The van der Waals surface area contributed by atoms with Crippen LogP contribution >= 0.6 is 11.3 Å². The Kier molecular flexibility index (Phi) is 5.19. The molecule has 0 radical (unpaired) electrons. The third-order valence-corrected chi connectivity index (χ3v) is 4.49. The molecule has 6 nitrogen and oxygen atoms in total. The van der Waals surface area contributed by atoms with Crippen molar-refractivity contribution in [3.8, 4) is 0 Å². The van der Waals surface area contributed by atoms with E-state index in [2.05, 4.69) is 22.5 Å². The summed E-state index contributed by atoms with van der Waals surface area (Å²) in [6.07, 6.45) is 2.24. The maximum absolute atomic E-state index is 12.1. The summed E-state index contributed by atoms with van der Waals surface area (Å²) in [6, 6.07) is 0. The molecule has 0 bridgehead atoms. The molecule has 2 unspecified atom stereocenters. The van der Waals surface area contributed by atoms with Crippen LogP contribution in [0.3, 0.4) is 0 Å². The van der Waals surface area contributed by atoms with Crippen molar-refractivity contribution in [2.75, 3.05) is 30.7 Å². The number of hydrogen-bond donors (Lipinski definition) is 3. The standard InChI is InChI=1S/C13H22N4O2S/c1-3-9-8(5-6-19-9)7-16-12(18)10-11(14)17-13(20-10)15-4-2/h8-9H,3-7,14H2,1-2H3,(H,15,17)(H,16,18). The lowest BCUT2D eigenvalue weighted by molar-refractivity contribution is 0.0828. The predicted molar refractivity (Wildman–Crippen MR) is 81.2 cm³/mol. The molecule has 0 aliphatic carbocycles. The first kappa shape index (κ1) is 15.1. The smallest absolute Gasteiger partial charge is 0.265 e. The third kappa shape index (κ3) is 3.40. The van der Waals surface area contributed by atoms with Crippen molar-refractivity contribution in [2.45, 2.75) is 32.8 Å². The van der Waals surface area contributed by atoms with Gasteiger partial charge >= 0.3 is 0 Å². The van der Waals surface area contributed by atoms with E-state index < -0.39 is 0 Å². The first-order chi connectivity index (χ1) is 9.65. The van der Waals surface area contributed by atoms with Crippen LogP contribution in [0.2, 0.25) is 0 Å². The minimum atomic E-state index is -0.147. The molecule has 4 N–H and O–H groups in total. The van der Waals surface area contributed by atoms with E-state index in [-0.39, 0.29) is 17.8 Å². The minimum Gasteiger partial charge on any atom is -0.382 e. The summed E-state index contributed by atoms with van der Waals surface area (Å²) in [6.45, 7) is 6.25. The molecule has 2 heterocycles. The Morgan fingerprint density at radius 2 is 2.35 bits per heavy atom. The highest BCUT2D eigenvalue weighted by atomic mass is 32.1. The lowest BCUT2D eigenvalue weighted by Crippen LogP contribution is -2.32. The van der Waals surface area contributed by atoms with E-state index in [0.717, 1.165) is 26.0 Å². The Morgan fingerprint density at radius 3 is 3.05 bits per heavy atom. The van der Waals surface area contributed by atoms with Crippen LogP contribution in [0.15, 0.2) is 0 Å². The molecule has 1 amide bonds. The molecule has 2 rings (SSSR count). The molecule has 1 aromatic rings. The SMILES string of the molecule is CCNc1nc(N)c(C(=O)NCC2CCOC2CC)s1. The third-order valence-electron chi connectivity index (χ3n) is 3.46. The van der Waals surface area contributed by atoms with Crippen LogP contribution in [0.4, 0.5) is 10.9 Å². The van der Waals surface area contributed by atoms with E-state index in [1.54, 1.807) is 0 Å². The number of carbonyl (C=O) groups is 1. The second kappa shape index (κ2) is 6.90. The molecule has 1 fully saturated rings. The van der Waals surface area contributed by atoms with Gasteiger partial charge in [-0.2, -0.15) is 0 Å². The Balaban J connectivity index is 1.91. The van der Waals surface area contributed by atoms with Crippen molar-refractivity contribution >= 4 is 28.2 Å². The van der Waals surface area contributed by atoms with Gasteiger partial charge in [0.15, 0.2) is 5.13 Å². The van der Waals surface area contributed by atoms with Gasteiger partial charge in [-0.1, -0.05) is 18.3 Å². The summed E-state index contributed by atoms with van der Waals surface area (Å²) < 4.78 is 5.62. The van der Waals surface area contributed by atoms with Gasteiger partial charge in [-0.15, -0.1) is 0 Å². The fraction of sp³-hybridized carbons (Fsp3) is 0.692. The molecular formula is C13H22N4O2S. The first-order valence-electron chi connectivity index (χ1n) is 7.05. The average molecular weight is 298 g/mol. The Hall–Kier alpha value is -1.34. The van der Waals surface area contributed by atoms with Crippen LogP contribution in [0.1, 0.15) is 36.4 Å². The van der Waals surface area contributed by atoms with Crippen LogP contribution in [0.5, 0.6) is 0 Å². The zero-order valence-corrected chi connectivity index (χ0v) is 12.8. The molecule has 1 saturated heterocycles. The van der Waals surface area contributed by atoms with Crippen molar-refractivity contribution in [2.24, 2.45) is 5.92 Å². The highest BCUT2D eigenvalue weighted by Crippen LogP contribution is 2.26. The van der Waals surface area contributed by atoms with Crippen LogP contribution < -0.4 is 16.4 Å². The highest BCUT2D eigenvalue weighted by molar-refractivity contribution is 7.18. The van der Waals surface area contributed by atoms with Gasteiger partial charge in [0.2, 0.25) is 0 Å². The van der Waals surface area contributed by atoms with Crippen molar-refractivity contribution < 1.29 is 9.53 Å². The molecule has 1 aliphatic rings. The van der Waals surface area contributed by atoms with Crippen LogP contribution in [-0.4, -0.2) is 36.7 Å². The van der Waals surface area contributed by atoms with Crippen molar-refractivity contribution in [1.82, 2.24) is 10.3 Å².